The minimum Gasteiger partial charge on any atom is -0.493 e. The van der Waals surface area contributed by atoms with Crippen LogP contribution in [-0.4, -0.2) is 43.5 Å². The Labute approximate surface area is 140 Å². The molecule has 2 rings (SSSR count). The van der Waals surface area contributed by atoms with Gasteiger partial charge in [0.05, 0.1) is 7.11 Å². The van der Waals surface area contributed by atoms with Crippen molar-refractivity contribution in [2.45, 2.75) is 12.8 Å². The predicted octanol–water partition coefficient (Wildman–Crippen LogP) is 1.09. The number of benzene rings is 1. The Morgan fingerprint density at radius 1 is 1.33 bits per heavy atom. The van der Waals surface area contributed by atoms with Crippen molar-refractivity contribution in [3.05, 3.63) is 29.3 Å². The number of likely N-dealkylation sites (tertiary alicyclic amines) is 1. The largest absolute Gasteiger partial charge is 0.493 e. The molecule has 1 aliphatic heterocycles. The van der Waals surface area contributed by atoms with E-state index in [1.165, 1.54) is 13.2 Å². The molecule has 1 aromatic carbocycles. The molecule has 1 aliphatic rings. The maximum Gasteiger partial charge on any atom is 0.260 e. The van der Waals surface area contributed by atoms with E-state index in [0.29, 0.717) is 17.1 Å². The zero-order chi connectivity index (χ0) is 17.5. The normalized spacial score (nSPS) is 14.2. The van der Waals surface area contributed by atoms with Gasteiger partial charge < -0.3 is 20.1 Å². The first kappa shape index (κ1) is 17.3. The van der Waals surface area contributed by atoms with Crippen molar-refractivity contribution in [1.82, 2.24) is 4.90 Å². The molecule has 1 heterocycles. The van der Waals surface area contributed by atoms with Gasteiger partial charge in [-0.15, -0.1) is 0 Å². The van der Waals surface area contributed by atoms with Crippen molar-refractivity contribution in [2.24, 2.45) is 5.73 Å². The number of nitrogens with two attached hydrogens (primary N) is 1. The fourth-order valence-electron chi connectivity index (χ4n) is 2.42. The van der Waals surface area contributed by atoms with Crippen molar-refractivity contribution in [3.63, 3.8) is 0 Å². The van der Waals surface area contributed by atoms with E-state index in [1.807, 2.05) is 0 Å². The summed E-state index contributed by atoms with van der Waals surface area (Å²) >= 11 is 0. The summed E-state index contributed by atoms with van der Waals surface area (Å²) in [5.41, 5.74) is 5.52. The first-order valence-corrected chi connectivity index (χ1v) is 7.55. The van der Waals surface area contributed by atoms with Gasteiger partial charge in [-0.05, 0) is 36.6 Å². The molecule has 0 unspecified atom stereocenters. The summed E-state index contributed by atoms with van der Waals surface area (Å²) in [5, 5.41) is 8.87. The van der Waals surface area contributed by atoms with Crippen molar-refractivity contribution in [1.29, 1.82) is 5.26 Å². The van der Waals surface area contributed by atoms with E-state index < -0.39 is 5.91 Å². The lowest BCUT2D eigenvalue weighted by atomic mass is 10.1. The van der Waals surface area contributed by atoms with E-state index in [2.05, 4.69) is 0 Å². The quantitative estimate of drug-likeness (QED) is 0.621. The van der Waals surface area contributed by atoms with Gasteiger partial charge in [0, 0.05) is 13.1 Å². The number of primary amides is 1. The molecular weight excluding hydrogens is 310 g/mol. The summed E-state index contributed by atoms with van der Waals surface area (Å²) in [4.78, 5) is 24.9. The molecule has 0 aliphatic carbocycles. The molecule has 24 heavy (non-hydrogen) atoms. The Bertz CT molecular complexity index is 700. The molecule has 1 saturated heterocycles. The topological polar surface area (TPSA) is 106 Å². The summed E-state index contributed by atoms with van der Waals surface area (Å²) in [6.45, 7) is 1.48. The molecule has 7 heteroatoms. The number of carbonyl (C=O) groups excluding carboxylic acids is 2. The van der Waals surface area contributed by atoms with Crippen LogP contribution in [0, 0.1) is 11.3 Å². The Morgan fingerprint density at radius 2 is 2.04 bits per heavy atom. The average molecular weight is 329 g/mol. The summed E-state index contributed by atoms with van der Waals surface area (Å²) in [7, 11) is 1.47. The zero-order valence-corrected chi connectivity index (χ0v) is 13.4. The van der Waals surface area contributed by atoms with Gasteiger partial charge in [0.1, 0.15) is 11.6 Å². The molecule has 126 valence electrons. The van der Waals surface area contributed by atoms with Crippen LogP contribution < -0.4 is 15.2 Å². The molecule has 0 aromatic heterocycles. The highest BCUT2D eigenvalue weighted by Crippen LogP contribution is 2.29. The third kappa shape index (κ3) is 4.26. The van der Waals surface area contributed by atoms with Crippen molar-refractivity contribution < 1.29 is 19.1 Å². The summed E-state index contributed by atoms with van der Waals surface area (Å²) in [6, 6.07) is 6.62. The maximum atomic E-state index is 12.0. The number of hydrogen-bond acceptors (Lipinski definition) is 5. The van der Waals surface area contributed by atoms with Crippen molar-refractivity contribution in [2.75, 3.05) is 26.8 Å². The highest BCUT2D eigenvalue weighted by molar-refractivity contribution is 6.00. The minimum absolute atomic E-state index is 0.0565. The van der Waals surface area contributed by atoms with Gasteiger partial charge in [0.25, 0.3) is 11.8 Å². The van der Waals surface area contributed by atoms with Gasteiger partial charge in [-0.1, -0.05) is 6.07 Å². The van der Waals surface area contributed by atoms with Crippen LogP contribution in [0.2, 0.25) is 0 Å². The molecule has 0 saturated carbocycles. The lowest BCUT2D eigenvalue weighted by Crippen LogP contribution is -2.32. The fraction of sp³-hybridized carbons (Fsp3) is 0.353. The van der Waals surface area contributed by atoms with Crippen LogP contribution in [0.3, 0.4) is 0 Å². The lowest BCUT2D eigenvalue weighted by molar-refractivity contribution is -0.132. The van der Waals surface area contributed by atoms with Gasteiger partial charge in [-0.3, -0.25) is 9.59 Å². The minimum atomic E-state index is -0.798. The van der Waals surface area contributed by atoms with E-state index in [1.54, 1.807) is 29.2 Å². The predicted molar refractivity (Wildman–Crippen MR) is 87.1 cm³/mol. The second kappa shape index (κ2) is 8.02. The van der Waals surface area contributed by atoms with Crippen molar-refractivity contribution in [3.8, 4) is 17.6 Å². The first-order valence-electron chi connectivity index (χ1n) is 7.55. The van der Waals surface area contributed by atoms with Gasteiger partial charge >= 0.3 is 0 Å². The SMILES string of the molecule is COc1cc(/C=C(\C#N)C(N)=O)ccc1OCC(=O)N1CCCC1. The number of nitriles is 1. The summed E-state index contributed by atoms with van der Waals surface area (Å²) in [5.74, 6) is -0.0356. The smallest absolute Gasteiger partial charge is 0.260 e. The van der Waals surface area contributed by atoms with E-state index in [0.717, 1.165) is 25.9 Å². The van der Waals surface area contributed by atoms with Crippen LogP contribution in [0.25, 0.3) is 6.08 Å². The molecule has 0 bridgehead atoms. The third-order valence-electron chi connectivity index (χ3n) is 3.69. The monoisotopic (exact) mass is 329 g/mol. The molecule has 0 atom stereocenters. The van der Waals surface area contributed by atoms with Gasteiger partial charge in [-0.2, -0.15) is 5.26 Å². The van der Waals surface area contributed by atoms with Crippen LogP contribution in [0.15, 0.2) is 23.8 Å². The fourth-order valence-corrected chi connectivity index (χ4v) is 2.42. The van der Waals surface area contributed by atoms with Crippen LogP contribution in [-0.2, 0) is 9.59 Å². The number of carbonyl (C=O) groups is 2. The zero-order valence-electron chi connectivity index (χ0n) is 13.4. The highest BCUT2D eigenvalue weighted by atomic mass is 16.5. The molecule has 0 spiro atoms. The molecule has 0 radical (unpaired) electrons. The Balaban J connectivity index is 2.10. The lowest BCUT2D eigenvalue weighted by Gasteiger charge is -2.16. The second-order valence-electron chi connectivity index (χ2n) is 5.32. The van der Waals surface area contributed by atoms with Gasteiger partial charge in [0.15, 0.2) is 18.1 Å². The summed E-state index contributed by atoms with van der Waals surface area (Å²) < 4.78 is 10.8. The number of rotatable bonds is 6. The Morgan fingerprint density at radius 3 is 2.62 bits per heavy atom. The van der Waals surface area contributed by atoms with Gasteiger partial charge in [-0.25, -0.2) is 0 Å². The highest BCUT2D eigenvalue weighted by Gasteiger charge is 2.18. The van der Waals surface area contributed by atoms with Crippen LogP contribution >= 0.6 is 0 Å². The molecule has 2 amide bonds. The number of hydrogen-bond donors (Lipinski definition) is 1. The number of amides is 2. The van der Waals surface area contributed by atoms with E-state index in [-0.39, 0.29) is 18.1 Å². The van der Waals surface area contributed by atoms with E-state index in [4.69, 9.17) is 20.5 Å². The first-order chi connectivity index (χ1) is 11.5. The Hall–Kier alpha value is -3.01. The van der Waals surface area contributed by atoms with Crippen molar-refractivity contribution >= 4 is 17.9 Å². The van der Waals surface area contributed by atoms with Crippen LogP contribution in [0.1, 0.15) is 18.4 Å². The molecular formula is C17H19N3O4. The maximum absolute atomic E-state index is 12.0. The van der Waals surface area contributed by atoms with Gasteiger partial charge in [0.2, 0.25) is 0 Å². The molecule has 7 nitrogen and oxygen atoms in total. The van der Waals surface area contributed by atoms with Crippen LogP contribution in [0.4, 0.5) is 0 Å². The number of ether oxygens (including phenoxy) is 2. The number of methoxy groups -OCH3 is 1. The van der Waals surface area contributed by atoms with E-state index in [9.17, 15) is 9.59 Å². The average Bonchev–Trinajstić information content (AvgIpc) is 3.12. The summed E-state index contributed by atoms with van der Waals surface area (Å²) in [6.07, 6.45) is 3.42. The Kier molecular flexibility index (Phi) is 5.79. The number of nitrogens with zero attached hydrogens (tertiary/aromatic N) is 2. The van der Waals surface area contributed by atoms with Crippen LogP contribution in [0.5, 0.6) is 11.5 Å². The van der Waals surface area contributed by atoms with E-state index >= 15 is 0 Å². The third-order valence-corrected chi connectivity index (χ3v) is 3.69. The molecule has 1 fully saturated rings. The molecule has 1 aromatic rings. The second-order valence-corrected chi connectivity index (χ2v) is 5.32. The molecule has 2 N–H and O–H groups in total. The standard InChI is InChI=1S/C17H19N3O4/c1-23-15-9-12(8-13(10-18)17(19)22)4-5-14(15)24-11-16(21)20-6-2-3-7-20/h4-5,8-9H,2-3,6-7,11H2,1H3,(H2,19,22)/b13-8+.